The maximum Gasteiger partial charge on any atom is 0.409 e. The first-order chi connectivity index (χ1) is 9.19. The molecular weight excluding hydrogens is 248 g/mol. The number of rotatable bonds is 6. The number of ether oxygens (including phenoxy) is 2. The van der Waals surface area contributed by atoms with E-state index in [9.17, 15) is 9.59 Å². The molecule has 0 radical (unpaired) electrons. The second kappa shape index (κ2) is 8.74. The molecule has 1 fully saturated rings. The standard InChI is InChI=1S/C13H24N2O4/c1-3-19-13(17)15-8-4-6-11(10-15)12(16)14-7-5-9-18-2/h11H,3-10H2,1-2H3,(H,14,16). The quantitative estimate of drug-likeness (QED) is 0.733. The van der Waals surface area contributed by atoms with Crippen LogP contribution in [-0.2, 0) is 14.3 Å². The number of piperidine rings is 1. The minimum absolute atomic E-state index is 0.0186. The summed E-state index contributed by atoms with van der Waals surface area (Å²) >= 11 is 0. The summed E-state index contributed by atoms with van der Waals surface area (Å²) in [6, 6.07) is 0. The summed E-state index contributed by atoms with van der Waals surface area (Å²) in [6.07, 6.45) is 2.15. The third-order valence-corrected chi connectivity index (χ3v) is 3.14. The van der Waals surface area contributed by atoms with Crippen molar-refractivity contribution in [1.29, 1.82) is 0 Å². The van der Waals surface area contributed by atoms with Crippen molar-refractivity contribution in [2.24, 2.45) is 5.92 Å². The lowest BCUT2D eigenvalue weighted by Gasteiger charge is -2.31. The monoisotopic (exact) mass is 272 g/mol. The molecule has 1 atom stereocenters. The van der Waals surface area contributed by atoms with Crippen molar-refractivity contribution in [3.8, 4) is 0 Å². The van der Waals surface area contributed by atoms with Crippen LogP contribution in [0.2, 0.25) is 0 Å². The molecular formula is C13H24N2O4. The van der Waals surface area contributed by atoms with E-state index in [1.165, 1.54) is 0 Å². The van der Waals surface area contributed by atoms with Crippen LogP contribution in [0.4, 0.5) is 4.79 Å². The summed E-state index contributed by atoms with van der Waals surface area (Å²) < 4.78 is 9.89. The van der Waals surface area contributed by atoms with Crippen molar-refractivity contribution in [2.45, 2.75) is 26.2 Å². The van der Waals surface area contributed by atoms with E-state index < -0.39 is 0 Å². The van der Waals surface area contributed by atoms with Crippen LogP contribution in [0.25, 0.3) is 0 Å². The van der Waals surface area contributed by atoms with Gasteiger partial charge >= 0.3 is 6.09 Å². The number of likely N-dealkylation sites (tertiary alicyclic amines) is 1. The molecule has 0 spiro atoms. The summed E-state index contributed by atoms with van der Waals surface area (Å²) in [7, 11) is 1.64. The molecule has 6 heteroatoms. The molecule has 0 aliphatic carbocycles. The van der Waals surface area contributed by atoms with Crippen LogP contribution >= 0.6 is 0 Å². The third kappa shape index (κ3) is 5.46. The highest BCUT2D eigenvalue weighted by Gasteiger charge is 2.28. The number of carbonyl (C=O) groups excluding carboxylic acids is 2. The van der Waals surface area contributed by atoms with E-state index >= 15 is 0 Å². The summed E-state index contributed by atoms with van der Waals surface area (Å²) in [5.74, 6) is -0.106. The molecule has 2 amide bonds. The first-order valence-electron chi connectivity index (χ1n) is 6.87. The second-order valence-electron chi connectivity index (χ2n) is 4.62. The predicted molar refractivity (Wildman–Crippen MR) is 70.8 cm³/mol. The number of nitrogens with zero attached hydrogens (tertiary/aromatic N) is 1. The molecule has 0 aromatic carbocycles. The van der Waals surface area contributed by atoms with Crippen molar-refractivity contribution in [1.82, 2.24) is 10.2 Å². The van der Waals surface area contributed by atoms with Gasteiger partial charge in [0.05, 0.1) is 12.5 Å². The summed E-state index contributed by atoms with van der Waals surface area (Å²) in [5.41, 5.74) is 0. The van der Waals surface area contributed by atoms with Crippen LogP contribution in [0.15, 0.2) is 0 Å². The fourth-order valence-electron chi connectivity index (χ4n) is 2.14. The van der Waals surface area contributed by atoms with Crippen molar-refractivity contribution >= 4 is 12.0 Å². The topological polar surface area (TPSA) is 67.9 Å². The van der Waals surface area contributed by atoms with E-state index in [2.05, 4.69) is 5.32 Å². The Morgan fingerprint density at radius 1 is 1.42 bits per heavy atom. The Balaban J connectivity index is 2.32. The molecule has 1 aliphatic rings. The molecule has 1 aliphatic heterocycles. The zero-order chi connectivity index (χ0) is 14.1. The number of carbonyl (C=O) groups is 2. The van der Waals surface area contributed by atoms with Crippen LogP contribution in [0, 0.1) is 5.92 Å². The maximum atomic E-state index is 12.0. The Bertz CT molecular complexity index is 296. The van der Waals surface area contributed by atoms with Gasteiger partial charge in [0.25, 0.3) is 0 Å². The van der Waals surface area contributed by atoms with Gasteiger partial charge in [-0.1, -0.05) is 0 Å². The molecule has 0 aromatic rings. The van der Waals surface area contributed by atoms with E-state index in [-0.39, 0.29) is 17.9 Å². The minimum atomic E-state index is -0.320. The van der Waals surface area contributed by atoms with Crippen LogP contribution in [0.5, 0.6) is 0 Å². The van der Waals surface area contributed by atoms with Gasteiger partial charge in [0.2, 0.25) is 5.91 Å². The lowest BCUT2D eigenvalue weighted by atomic mass is 9.97. The molecule has 110 valence electrons. The average molecular weight is 272 g/mol. The van der Waals surface area contributed by atoms with Gasteiger partial charge in [-0.15, -0.1) is 0 Å². The molecule has 6 nitrogen and oxygen atoms in total. The largest absolute Gasteiger partial charge is 0.450 e. The Hall–Kier alpha value is -1.30. The summed E-state index contributed by atoms with van der Waals surface area (Å²) in [6.45, 7) is 4.52. The third-order valence-electron chi connectivity index (χ3n) is 3.14. The number of nitrogens with one attached hydrogen (secondary N) is 1. The second-order valence-corrected chi connectivity index (χ2v) is 4.62. The van der Waals surface area contributed by atoms with E-state index in [0.717, 1.165) is 19.3 Å². The van der Waals surface area contributed by atoms with Gasteiger partial charge in [0, 0.05) is 33.4 Å². The van der Waals surface area contributed by atoms with Gasteiger partial charge in [-0.2, -0.15) is 0 Å². The predicted octanol–water partition coefficient (Wildman–Crippen LogP) is 1.01. The number of amides is 2. The molecule has 0 bridgehead atoms. The van der Waals surface area contributed by atoms with E-state index in [1.54, 1.807) is 18.9 Å². The molecule has 1 heterocycles. The molecule has 1 rings (SSSR count). The van der Waals surface area contributed by atoms with Crippen molar-refractivity contribution in [3.05, 3.63) is 0 Å². The molecule has 1 saturated heterocycles. The van der Waals surface area contributed by atoms with Crippen LogP contribution in [0.1, 0.15) is 26.2 Å². The Labute approximate surface area is 114 Å². The van der Waals surface area contributed by atoms with Gasteiger partial charge in [-0.25, -0.2) is 4.79 Å². The minimum Gasteiger partial charge on any atom is -0.450 e. The Morgan fingerprint density at radius 3 is 2.89 bits per heavy atom. The SMILES string of the molecule is CCOC(=O)N1CCCC(C(=O)NCCCOC)C1. The van der Waals surface area contributed by atoms with E-state index in [0.29, 0.717) is 32.8 Å². The Morgan fingerprint density at radius 2 is 2.21 bits per heavy atom. The molecule has 1 unspecified atom stereocenters. The average Bonchev–Trinajstić information content (AvgIpc) is 2.44. The highest BCUT2D eigenvalue weighted by Crippen LogP contribution is 2.17. The van der Waals surface area contributed by atoms with Gasteiger partial charge in [0.15, 0.2) is 0 Å². The zero-order valence-electron chi connectivity index (χ0n) is 11.8. The molecule has 1 N–H and O–H groups in total. The van der Waals surface area contributed by atoms with Gasteiger partial charge in [-0.05, 0) is 26.2 Å². The number of hydrogen-bond acceptors (Lipinski definition) is 4. The van der Waals surface area contributed by atoms with Crippen LogP contribution in [0.3, 0.4) is 0 Å². The summed E-state index contributed by atoms with van der Waals surface area (Å²) in [4.78, 5) is 25.2. The molecule has 0 aromatic heterocycles. The van der Waals surface area contributed by atoms with Crippen LogP contribution in [-0.4, -0.2) is 56.9 Å². The Kier molecular flexibility index (Phi) is 7.25. The van der Waals surface area contributed by atoms with Gasteiger partial charge in [0.1, 0.15) is 0 Å². The maximum absolute atomic E-state index is 12.0. The smallest absolute Gasteiger partial charge is 0.409 e. The zero-order valence-corrected chi connectivity index (χ0v) is 11.8. The number of hydrogen-bond donors (Lipinski definition) is 1. The normalized spacial score (nSPS) is 19.1. The highest BCUT2D eigenvalue weighted by atomic mass is 16.6. The lowest BCUT2D eigenvalue weighted by Crippen LogP contribution is -2.45. The lowest BCUT2D eigenvalue weighted by molar-refractivity contribution is -0.126. The van der Waals surface area contributed by atoms with E-state index in [1.807, 2.05) is 0 Å². The van der Waals surface area contributed by atoms with Crippen molar-refractivity contribution < 1.29 is 19.1 Å². The first kappa shape index (κ1) is 15.8. The summed E-state index contributed by atoms with van der Waals surface area (Å²) in [5, 5.41) is 2.88. The van der Waals surface area contributed by atoms with Crippen LogP contribution < -0.4 is 5.32 Å². The fraction of sp³-hybridized carbons (Fsp3) is 0.846. The first-order valence-corrected chi connectivity index (χ1v) is 6.87. The van der Waals surface area contributed by atoms with Crippen molar-refractivity contribution in [3.63, 3.8) is 0 Å². The van der Waals surface area contributed by atoms with E-state index in [4.69, 9.17) is 9.47 Å². The molecule has 0 saturated carbocycles. The van der Waals surface area contributed by atoms with Gasteiger partial charge < -0.3 is 19.7 Å². The number of methoxy groups -OCH3 is 1. The molecule has 19 heavy (non-hydrogen) atoms. The van der Waals surface area contributed by atoms with Crippen molar-refractivity contribution in [2.75, 3.05) is 40.0 Å². The van der Waals surface area contributed by atoms with Gasteiger partial charge in [-0.3, -0.25) is 4.79 Å². The highest BCUT2D eigenvalue weighted by molar-refractivity contribution is 5.79. The fourth-order valence-corrected chi connectivity index (χ4v) is 2.14.